The van der Waals surface area contributed by atoms with Gasteiger partial charge in [0.25, 0.3) is 0 Å². The second-order valence-electron chi connectivity index (χ2n) is 4.67. The summed E-state index contributed by atoms with van der Waals surface area (Å²) in [7, 11) is -3.37. The number of halogens is 1. The van der Waals surface area contributed by atoms with Crippen molar-refractivity contribution in [1.29, 1.82) is 0 Å². The number of nitrogens with one attached hydrogen (secondary N) is 1. The maximum atomic E-state index is 13.6. The summed E-state index contributed by atoms with van der Waals surface area (Å²) in [5.41, 5.74) is 2.16. The first-order valence-corrected chi connectivity index (χ1v) is 7.92. The zero-order valence-corrected chi connectivity index (χ0v) is 12.3. The maximum absolute atomic E-state index is 13.6. The molecule has 1 heterocycles. The van der Waals surface area contributed by atoms with E-state index in [4.69, 9.17) is 0 Å². The fourth-order valence-electron chi connectivity index (χ4n) is 1.97. The van der Waals surface area contributed by atoms with Crippen molar-refractivity contribution in [2.24, 2.45) is 0 Å². The SMILES string of the molecule is Cc1nn(Cc2ccccc2F)c(C)c1NS(C)(=O)=O. The number of sulfonamides is 1. The average Bonchev–Trinajstić information content (AvgIpc) is 2.58. The predicted octanol–water partition coefficient (Wildman–Crippen LogP) is 2.06. The molecule has 20 heavy (non-hydrogen) atoms. The molecular weight excluding hydrogens is 281 g/mol. The monoisotopic (exact) mass is 297 g/mol. The van der Waals surface area contributed by atoms with Gasteiger partial charge in [-0.05, 0) is 19.9 Å². The minimum absolute atomic E-state index is 0.255. The second-order valence-corrected chi connectivity index (χ2v) is 6.42. The van der Waals surface area contributed by atoms with Crippen molar-refractivity contribution < 1.29 is 12.8 Å². The predicted molar refractivity (Wildman–Crippen MR) is 75.7 cm³/mol. The summed E-state index contributed by atoms with van der Waals surface area (Å²) < 4.78 is 40.3. The number of benzene rings is 1. The van der Waals surface area contributed by atoms with Crippen LogP contribution in [-0.4, -0.2) is 24.5 Å². The Morgan fingerprint density at radius 3 is 2.55 bits per heavy atom. The van der Waals surface area contributed by atoms with E-state index in [1.165, 1.54) is 6.07 Å². The highest BCUT2D eigenvalue weighted by Crippen LogP contribution is 2.21. The van der Waals surface area contributed by atoms with Gasteiger partial charge >= 0.3 is 0 Å². The Kier molecular flexibility index (Phi) is 3.80. The summed E-state index contributed by atoms with van der Waals surface area (Å²) in [5.74, 6) is -0.308. The van der Waals surface area contributed by atoms with Gasteiger partial charge in [0.2, 0.25) is 10.0 Å². The van der Waals surface area contributed by atoms with E-state index in [2.05, 4.69) is 9.82 Å². The lowest BCUT2D eigenvalue weighted by Crippen LogP contribution is -2.11. The van der Waals surface area contributed by atoms with Crippen molar-refractivity contribution in [3.05, 3.63) is 47.0 Å². The zero-order chi connectivity index (χ0) is 14.9. The molecule has 0 amide bonds. The summed E-state index contributed by atoms with van der Waals surface area (Å²) in [6.45, 7) is 3.71. The van der Waals surface area contributed by atoms with Gasteiger partial charge in [-0.15, -0.1) is 0 Å². The molecule has 5 nitrogen and oxygen atoms in total. The molecule has 7 heteroatoms. The van der Waals surface area contributed by atoms with Crippen LogP contribution < -0.4 is 4.72 Å². The quantitative estimate of drug-likeness (QED) is 0.939. The Morgan fingerprint density at radius 2 is 1.95 bits per heavy atom. The smallest absolute Gasteiger partial charge is 0.229 e. The molecule has 0 saturated carbocycles. The van der Waals surface area contributed by atoms with Crippen molar-refractivity contribution >= 4 is 15.7 Å². The molecule has 0 spiro atoms. The van der Waals surface area contributed by atoms with Crippen molar-refractivity contribution in [3.63, 3.8) is 0 Å². The van der Waals surface area contributed by atoms with Crippen LogP contribution >= 0.6 is 0 Å². The van der Waals surface area contributed by atoms with E-state index >= 15 is 0 Å². The van der Waals surface area contributed by atoms with Gasteiger partial charge in [-0.25, -0.2) is 12.8 Å². The molecule has 0 fully saturated rings. The Bertz CT molecular complexity index is 738. The van der Waals surface area contributed by atoms with Gasteiger partial charge < -0.3 is 0 Å². The van der Waals surface area contributed by atoms with E-state index in [1.54, 1.807) is 36.7 Å². The largest absolute Gasteiger partial charge is 0.280 e. The van der Waals surface area contributed by atoms with Crippen molar-refractivity contribution in [2.45, 2.75) is 20.4 Å². The van der Waals surface area contributed by atoms with Crippen molar-refractivity contribution in [2.75, 3.05) is 11.0 Å². The molecule has 0 bridgehead atoms. The molecule has 1 aromatic carbocycles. The lowest BCUT2D eigenvalue weighted by Gasteiger charge is -2.07. The Balaban J connectivity index is 2.36. The standard InChI is InChI=1S/C13H16FN3O2S/c1-9-13(16-20(3,18)19)10(2)17(15-9)8-11-6-4-5-7-12(11)14/h4-7,16H,8H2,1-3H3. The fourth-order valence-corrected chi connectivity index (χ4v) is 2.64. The van der Waals surface area contributed by atoms with Crippen molar-refractivity contribution in [3.8, 4) is 0 Å². The van der Waals surface area contributed by atoms with Crippen LogP contribution in [0.1, 0.15) is 17.0 Å². The minimum atomic E-state index is -3.37. The van der Waals surface area contributed by atoms with E-state index in [1.807, 2.05) is 0 Å². The van der Waals surface area contributed by atoms with Crippen LogP contribution in [0.2, 0.25) is 0 Å². The molecular formula is C13H16FN3O2S. The number of hydrogen-bond donors (Lipinski definition) is 1. The summed E-state index contributed by atoms with van der Waals surface area (Å²) >= 11 is 0. The summed E-state index contributed by atoms with van der Waals surface area (Å²) in [4.78, 5) is 0. The number of hydrogen-bond acceptors (Lipinski definition) is 3. The molecule has 0 saturated heterocycles. The van der Waals surface area contributed by atoms with Gasteiger partial charge in [-0.1, -0.05) is 18.2 Å². The zero-order valence-electron chi connectivity index (χ0n) is 11.5. The number of aromatic nitrogens is 2. The molecule has 0 unspecified atom stereocenters. The molecule has 108 valence electrons. The van der Waals surface area contributed by atoms with Gasteiger partial charge in [0, 0.05) is 5.56 Å². The van der Waals surface area contributed by atoms with Gasteiger partial charge in [0.15, 0.2) is 0 Å². The summed E-state index contributed by atoms with van der Waals surface area (Å²) in [5, 5.41) is 4.25. The molecule has 0 aliphatic rings. The van der Waals surface area contributed by atoms with Crippen LogP contribution in [0.4, 0.5) is 10.1 Å². The maximum Gasteiger partial charge on any atom is 0.229 e. The van der Waals surface area contributed by atoms with E-state index in [9.17, 15) is 12.8 Å². The fraction of sp³-hybridized carbons (Fsp3) is 0.308. The molecule has 0 aliphatic heterocycles. The molecule has 0 aliphatic carbocycles. The lowest BCUT2D eigenvalue weighted by molar-refractivity contribution is 0.579. The second kappa shape index (κ2) is 5.24. The normalized spacial score (nSPS) is 11.6. The Hall–Kier alpha value is -1.89. The van der Waals surface area contributed by atoms with Gasteiger partial charge in [0.1, 0.15) is 5.82 Å². The van der Waals surface area contributed by atoms with E-state index in [0.29, 0.717) is 22.6 Å². The molecule has 0 radical (unpaired) electrons. The molecule has 1 N–H and O–H groups in total. The third kappa shape index (κ3) is 3.16. The first-order chi connectivity index (χ1) is 9.28. The number of rotatable bonds is 4. The molecule has 2 rings (SSSR count). The topological polar surface area (TPSA) is 64.0 Å². The van der Waals surface area contributed by atoms with Crippen molar-refractivity contribution in [1.82, 2.24) is 9.78 Å². The minimum Gasteiger partial charge on any atom is -0.280 e. The van der Waals surface area contributed by atoms with Crippen LogP contribution in [0.5, 0.6) is 0 Å². The Labute approximate surface area is 117 Å². The van der Waals surface area contributed by atoms with Crippen LogP contribution in [0, 0.1) is 19.7 Å². The molecule has 2 aromatic rings. The van der Waals surface area contributed by atoms with E-state index in [0.717, 1.165) is 6.26 Å². The number of aryl methyl sites for hydroxylation is 1. The first-order valence-electron chi connectivity index (χ1n) is 6.03. The van der Waals surface area contributed by atoms with Crippen LogP contribution in [0.15, 0.2) is 24.3 Å². The summed E-state index contributed by atoms with van der Waals surface area (Å²) in [6.07, 6.45) is 1.08. The highest BCUT2D eigenvalue weighted by molar-refractivity contribution is 7.92. The van der Waals surface area contributed by atoms with Crippen LogP contribution in [0.25, 0.3) is 0 Å². The van der Waals surface area contributed by atoms with Crippen LogP contribution in [-0.2, 0) is 16.6 Å². The third-order valence-electron chi connectivity index (χ3n) is 2.95. The molecule has 0 atom stereocenters. The van der Waals surface area contributed by atoms with Gasteiger partial charge in [-0.3, -0.25) is 9.40 Å². The average molecular weight is 297 g/mol. The number of anilines is 1. The van der Waals surface area contributed by atoms with Gasteiger partial charge in [-0.2, -0.15) is 5.10 Å². The Morgan fingerprint density at radius 1 is 1.30 bits per heavy atom. The van der Waals surface area contributed by atoms with Crippen LogP contribution in [0.3, 0.4) is 0 Å². The lowest BCUT2D eigenvalue weighted by atomic mass is 10.2. The van der Waals surface area contributed by atoms with Gasteiger partial charge in [0.05, 0.1) is 29.9 Å². The number of nitrogens with zero attached hydrogens (tertiary/aromatic N) is 2. The highest BCUT2D eigenvalue weighted by Gasteiger charge is 2.15. The third-order valence-corrected chi connectivity index (χ3v) is 3.52. The van der Waals surface area contributed by atoms with E-state index in [-0.39, 0.29) is 12.4 Å². The highest BCUT2D eigenvalue weighted by atomic mass is 32.2. The first kappa shape index (κ1) is 14.5. The molecule has 1 aromatic heterocycles. The van der Waals surface area contributed by atoms with E-state index < -0.39 is 10.0 Å². The summed E-state index contributed by atoms with van der Waals surface area (Å²) in [6, 6.07) is 6.43.